The Labute approximate surface area is 209 Å². The maximum atomic E-state index is 8.75. The van der Waals surface area contributed by atoms with Gasteiger partial charge in [-0.3, -0.25) is 5.41 Å². The quantitative estimate of drug-likeness (QED) is 0.242. The molecule has 6 heteroatoms. The van der Waals surface area contributed by atoms with Gasteiger partial charge in [0, 0.05) is 48.6 Å². The molecule has 2 fully saturated rings. The zero-order valence-corrected chi connectivity index (χ0v) is 21.2. The van der Waals surface area contributed by atoms with Gasteiger partial charge in [-0.2, -0.15) is 0 Å². The van der Waals surface area contributed by atoms with E-state index in [0.29, 0.717) is 19.2 Å². The number of benzene rings is 2. The first-order valence-corrected chi connectivity index (χ1v) is 13.3. The molecule has 0 aliphatic carbocycles. The number of halogens is 1. The molecule has 0 bridgehead atoms. The second-order valence-electron chi connectivity index (χ2n) is 9.67. The van der Waals surface area contributed by atoms with Gasteiger partial charge < -0.3 is 19.9 Å². The van der Waals surface area contributed by atoms with Crippen LogP contribution in [-0.2, 0) is 11.3 Å². The summed E-state index contributed by atoms with van der Waals surface area (Å²) in [5.41, 5.74) is 4.12. The summed E-state index contributed by atoms with van der Waals surface area (Å²) < 4.78 is 5.98. The molecule has 2 aromatic carbocycles. The van der Waals surface area contributed by atoms with Gasteiger partial charge in [0.25, 0.3) is 0 Å². The molecule has 184 valence electrons. The van der Waals surface area contributed by atoms with Crippen LogP contribution in [0.5, 0.6) is 0 Å². The molecule has 0 aromatic heterocycles. The van der Waals surface area contributed by atoms with Crippen molar-refractivity contribution in [3.8, 4) is 0 Å². The number of hydrogen-bond acceptors (Lipinski definition) is 5. The van der Waals surface area contributed by atoms with Crippen LogP contribution in [0.2, 0.25) is 5.02 Å². The van der Waals surface area contributed by atoms with Gasteiger partial charge in [0.05, 0.1) is 12.2 Å². The van der Waals surface area contributed by atoms with E-state index in [-0.39, 0.29) is 5.90 Å². The van der Waals surface area contributed by atoms with Gasteiger partial charge in [-0.05, 0) is 81.5 Å². The Hall–Kier alpha value is -2.24. The van der Waals surface area contributed by atoms with Crippen LogP contribution >= 0.6 is 11.6 Å². The monoisotopic (exact) mass is 482 g/mol. The summed E-state index contributed by atoms with van der Waals surface area (Å²) in [4.78, 5) is 4.99. The first-order chi connectivity index (χ1) is 16.6. The predicted octanol–water partition coefficient (Wildman–Crippen LogP) is 6.55. The Morgan fingerprint density at radius 1 is 1.03 bits per heavy atom. The summed E-state index contributed by atoms with van der Waals surface area (Å²) in [5.74, 6) is 0.254. The average molecular weight is 483 g/mol. The molecule has 2 heterocycles. The fourth-order valence-electron chi connectivity index (χ4n) is 5.04. The van der Waals surface area contributed by atoms with Crippen molar-refractivity contribution in [2.45, 2.75) is 64.5 Å². The second kappa shape index (κ2) is 12.5. The number of likely N-dealkylation sites (tertiary alicyclic amines) is 1. The van der Waals surface area contributed by atoms with Crippen molar-refractivity contribution in [1.29, 1.82) is 5.41 Å². The summed E-state index contributed by atoms with van der Waals surface area (Å²) in [6.45, 7) is 7.96. The Morgan fingerprint density at radius 2 is 1.79 bits per heavy atom. The second-order valence-corrected chi connectivity index (χ2v) is 10.1. The van der Waals surface area contributed by atoms with E-state index >= 15 is 0 Å². The first-order valence-electron chi connectivity index (χ1n) is 12.9. The Balaban J connectivity index is 1.43. The molecule has 0 amide bonds. The van der Waals surface area contributed by atoms with Gasteiger partial charge in [0.15, 0.2) is 0 Å². The highest BCUT2D eigenvalue weighted by Gasteiger charge is 2.20. The topological polar surface area (TPSA) is 51.6 Å². The van der Waals surface area contributed by atoms with E-state index in [0.717, 1.165) is 47.9 Å². The van der Waals surface area contributed by atoms with Gasteiger partial charge in [-0.25, -0.2) is 0 Å². The summed E-state index contributed by atoms with van der Waals surface area (Å²) >= 11 is 6.04. The minimum Gasteiger partial charge on any atom is -0.478 e. The largest absolute Gasteiger partial charge is 0.478 e. The van der Waals surface area contributed by atoms with Gasteiger partial charge in [0.2, 0.25) is 5.90 Å². The molecule has 0 spiro atoms. The summed E-state index contributed by atoms with van der Waals surface area (Å²) in [7, 11) is 0. The number of hydrogen-bond donors (Lipinski definition) is 2. The van der Waals surface area contributed by atoms with E-state index in [2.05, 4.69) is 40.2 Å². The van der Waals surface area contributed by atoms with Gasteiger partial charge >= 0.3 is 0 Å². The number of anilines is 2. The van der Waals surface area contributed by atoms with Crippen molar-refractivity contribution in [3.05, 3.63) is 58.6 Å². The molecule has 5 nitrogen and oxygen atoms in total. The fraction of sp³-hybridized carbons (Fsp3) is 0.536. The molecule has 1 atom stereocenters. The third-order valence-corrected chi connectivity index (χ3v) is 7.39. The minimum absolute atomic E-state index is 0.254. The number of nitrogens with one attached hydrogen (secondary N) is 2. The van der Waals surface area contributed by atoms with Crippen molar-refractivity contribution >= 4 is 28.9 Å². The lowest BCUT2D eigenvalue weighted by molar-refractivity contribution is 0.225. The molecule has 34 heavy (non-hydrogen) atoms. The highest BCUT2D eigenvalue weighted by molar-refractivity contribution is 6.30. The van der Waals surface area contributed by atoms with Crippen LogP contribution < -0.4 is 10.2 Å². The first kappa shape index (κ1) is 24.9. The Kier molecular flexibility index (Phi) is 9.11. The molecule has 4 rings (SSSR count). The van der Waals surface area contributed by atoms with Crippen molar-refractivity contribution in [2.24, 2.45) is 0 Å². The zero-order chi connectivity index (χ0) is 23.8. The molecular formula is C28H39ClN4O. The van der Waals surface area contributed by atoms with E-state index in [1.54, 1.807) is 0 Å². The van der Waals surface area contributed by atoms with Crippen molar-refractivity contribution < 1.29 is 4.74 Å². The molecule has 0 saturated carbocycles. The highest BCUT2D eigenvalue weighted by Crippen LogP contribution is 2.27. The van der Waals surface area contributed by atoms with Crippen LogP contribution in [-0.4, -0.2) is 49.6 Å². The van der Waals surface area contributed by atoms with Crippen LogP contribution in [0.1, 0.15) is 63.0 Å². The number of nitrogens with zero attached hydrogens (tertiary/aromatic N) is 2. The van der Waals surface area contributed by atoms with Crippen molar-refractivity contribution in [1.82, 2.24) is 4.90 Å². The standard InChI is InChI=1S/C28H39ClN4O/c1-22-8-6-17-32(22)18-7-19-34-28(30)26-20-25(33-15-4-2-3-5-16-33)13-14-27(26)31-21-23-9-11-24(29)12-10-23/h9-14,20,22,30-31H,2-8,15-19,21H2,1H3. The van der Waals surface area contributed by atoms with E-state index in [9.17, 15) is 0 Å². The molecular weight excluding hydrogens is 444 g/mol. The average Bonchev–Trinajstić information content (AvgIpc) is 3.08. The van der Waals surface area contributed by atoms with E-state index in [1.165, 1.54) is 50.8 Å². The molecule has 2 aliphatic heterocycles. The fourth-order valence-corrected chi connectivity index (χ4v) is 5.17. The van der Waals surface area contributed by atoms with E-state index in [4.69, 9.17) is 21.7 Å². The zero-order valence-electron chi connectivity index (χ0n) is 20.5. The normalized spacial score (nSPS) is 19.1. The number of rotatable bonds is 9. The summed E-state index contributed by atoms with van der Waals surface area (Å²) in [6, 6.07) is 15.0. The summed E-state index contributed by atoms with van der Waals surface area (Å²) in [6.07, 6.45) is 8.61. The third-order valence-electron chi connectivity index (χ3n) is 7.14. The maximum Gasteiger partial charge on any atom is 0.215 e. The van der Waals surface area contributed by atoms with Crippen LogP contribution in [0.25, 0.3) is 0 Å². The summed E-state index contributed by atoms with van der Waals surface area (Å²) in [5, 5.41) is 13.0. The lowest BCUT2D eigenvalue weighted by atomic mass is 10.1. The van der Waals surface area contributed by atoms with Gasteiger partial charge in [0.1, 0.15) is 0 Å². The van der Waals surface area contributed by atoms with Crippen LogP contribution in [0, 0.1) is 5.41 Å². The lowest BCUT2D eigenvalue weighted by Crippen LogP contribution is -2.28. The lowest BCUT2D eigenvalue weighted by Gasteiger charge is -2.25. The van der Waals surface area contributed by atoms with E-state index in [1.807, 2.05) is 24.3 Å². The van der Waals surface area contributed by atoms with Crippen LogP contribution in [0.4, 0.5) is 11.4 Å². The Bertz CT molecular complexity index is 925. The van der Waals surface area contributed by atoms with Crippen LogP contribution in [0.15, 0.2) is 42.5 Å². The van der Waals surface area contributed by atoms with Crippen molar-refractivity contribution in [2.75, 3.05) is 43.0 Å². The smallest absolute Gasteiger partial charge is 0.215 e. The van der Waals surface area contributed by atoms with E-state index < -0.39 is 0 Å². The molecule has 1 unspecified atom stereocenters. The minimum atomic E-state index is 0.254. The SMILES string of the molecule is CC1CCCN1CCCOC(=N)c1cc(N2CCCCCC2)ccc1NCc1ccc(Cl)cc1. The van der Waals surface area contributed by atoms with Gasteiger partial charge in [-0.15, -0.1) is 0 Å². The van der Waals surface area contributed by atoms with Gasteiger partial charge in [-0.1, -0.05) is 36.6 Å². The predicted molar refractivity (Wildman–Crippen MR) is 144 cm³/mol. The maximum absolute atomic E-state index is 8.75. The Morgan fingerprint density at radius 3 is 2.50 bits per heavy atom. The highest BCUT2D eigenvalue weighted by atomic mass is 35.5. The molecule has 2 saturated heterocycles. The molecule has 0 radical (unpaired) electrons. The number of ether oxygens (including phenoxy) is 1. The molecule has 2 aromatic rings. The molecule has 2 aliphatic rings. The van der Waals surface area contributed by atoms with Crippen molar-refractivity contribution in [3.63, 3.8) is 0 Å². The molecule has 2 N–H and O–H groups in total. The third kappa shape index (κ3) is 6.89. The van der Waals surface area contributed by atoms with Crippen LogP contribution in [0.3, 0.4) is 0 Å².